The summed E-state index contributed by atoms with van der Waals surface area (Å²) in [7, 11) is 0. The lowest BCUT2D eigenvalue weighted by molar-refractivity contribution is -0.141. The summed E-state index contributed by atoms with van der Waals surface area (Å²) in [5.41, 5.74) is 0. The SMILES string of the molecule is C=CCC(=O)NC1CCC2CN(C(=O)C3CN4CCC3CC4)CC21. The van der Waals surface area contributed by atoms with Crippen molar-refractivity contribution in [3.05, 3.63) is 12.7 Å². The molecule has 5 rings (SSSR count). The Morgan fingerprint density at radius 3 is 2.50 bits per heavy atom. The number of nitrogens with zero attached hydrogens (tertiary/aromatic N) is 2. The van der Waals surface area contributed by atoms with Crippen LogP contribution in [0, 0.1) is 23.7 Å². The Kier molecular flexibility index (Phi) is 4.37. The van der Waals surface area contributed by atoms with Crippen molar-refractivity contribution in [1.29, 1.82) is 0 Å². The van der Waals surface area contributed by atoms with Crippen LogP contribution in [-0.4, -0.2) is 60.4 Å². The Morgan fingerprint density at radius 1 is 1.04 bits per heavy atom. The highest BCUT2D eigenvalue weighted by atomic mass is 16.2. The zero-order valence-electron chi connectivity index (χ0n) is 14.5. The molecule has 1 aliphatic carbocycles. The van der Waals surface area contributed by atoms with E-state index in [1.54, 1.807) is 6.08 Å². The van der Waals surface area contributed by atoms with Gasteiger partial charge in [0, 0.05) is 38.0 Å². The number of nitrogens with one attached hydrogen (secondary N) is 1. The van der Waals surface area contributed by atoms with Gasteiger partial charge in [0.2, 0.25) is 11.8 Å². The standard InChI is InChI=1S/C19H29N3O2/c1-2-3-18(23)20-17-5-4-14-10-22(12-15(14)17)19(24)16-11-21-8-6-13(16)7-9-21/h2,13-17H,1,3-12H2,(H,20,23). The highest BCUT2D eigenvalue weighted by Gasteiger charge is 2.47. The average Bonchev–Trinajstić information content (AvgIpc) is 3.17. The van der Waals surface area contributed by atoms with Gasteiger partial charge in [0.05, 0.1) is 5.92 Å². The fourth-order valence-electron chi connectivity index (χ4n) is 5.50. The quantitative estimate of drug-likeness (QED) is 0.789. The number of piperidine rings is 3. The van der Waals surface area contributed by atoms with Gasteiger partial charge < -0.3 is 15.1 Å². The molecule has 2 amide bonds. The number of carbonyl (C=O) groups is 2. The fourth-order valence-corrected chi connectivity index (χ4v) is 5.50. The molecule has 132 valence electrons. The van der Waals surface area contributed by atoms with E-state index in [0.29, 0.717) is 30.1 Å². The summed E-state index contributed by atoms with van der Waals surface area (Å²) >= 11 is 0. The third-order valence-electron chi connectivity index (χ3n) is 6.82. The second-order valence-corrected chi connectivity index (χ2v) is 8.16. The van der Waals surface area contributed by atoms with E-state index in [0.717, 1.165) is 32.5 Å². The molecule has 1 saturated carbocycles. The van der Waals surface area contributed by atoms with Crippen molar-refractivity contribution in [1.82, 2.24) is 15.1 Å². The monoisotopic (exact) mass is 331 g/mol. The molecule has 5 aliphatic rings. The van der Waals surface area contributed by atoms with Crippen LogP contribution in [-0.2, 0) is 9.59 Å². The first kappa shape index (κ1) is 16.1. The predicted molar refractivity (Wildman–Crippen MR) is 92.2 cm³/mol. The third-order valence-corrected chi connectivity index (χ3v) is 6.82. The molecule has 5 fully saturated rings. The Balaban J connectivity index is 1.37. The van der Waals surface area contributed by atoms with Crippen LogP contribution in [0.1, 0.15) is 32.1 Å². The van der Waals surface area contributed by atoms with Crippen molar-refractivity contribution in [3.8, 4) is 0 Å². The Labute approximate surface area is 144 Å². The number of carbonyl (C=O) groups excluding carboxylic acids is 2. The molecule has 5 nitrogen and oxygen atoms in total. The summed E-state index contributed by atoms with van der Waals surface area (Å²) < 4.78 is 0. The van der Waals surface area contributed by atoms with Crippen LogP contribution in [0.25, 0.3) is 0 Å². The molecule has 0 aromatic heterocycles. The highest BCUT2D eigenvalue weighted by Crippen LogP contribution is 2.40. The molecule has 0 spiro atoms. The van der Waals surface area contributed by atoms with E-state index in [1.165, 1.54) is 25.9 Å². The van der Waals surface area contributed by atoms with Crippen molar-refractivity contribution < 1.29 is 9.59 Å². The van der Waals surface area contributed by atoms with Crippen LogP contribution in [0.3, 0.4) is 0 Å². The van der Waals surface area contributed by atoms with Gasteiger partial charge in [-0.1, -0.05) is 6.08 Å². The van der Waals surface area contributed by atoms with Gasteiger partial charge in [-0.3, -0.25) is 9.59 Å². The molecule has 0 aromatic carbocycles. The van der Waals surface area contributed by atoms with E-state index in [-0.39, 0.29) is 17.9 Å². The van der Waals surface area contributed by atoms with Crippen LogP contribution >= 0.6 is 0 Å². The van der Waals surface area contributed by atoms with Crippen LogP contribution in [0.5, 0.6) is 0 Å². The number of rotatable bonds is 4. The van der Waals surface area contributed by atoms with Crippen molar-refractivity contribution >= 4 is 11.8 Å². The minimum atomic E-state index is 0.0674. The first-order valence-corrected chi connectivity index (χ1v) is 9.57. The largest absolute Gasteiger partial charge is 0.353 e. The number of fused-ring (bicyclic) bond motifs is 4. The number of hydrogen-bond acceptors (Lipinski definition) is 3. The predicted octanol–water partition coefficient (Wildman–Crippen LogP) is 1.26. The van der Waals surface area contributed by atoms with Gasteiger partial charge in [-0.15, -0.1) is 6.58 Å². The minimum absolute atomic E-state index is 0.0674. The van der Waals surface area contributed by atoms with Gasteiger partial charge in [0.25, 0.3) is 0 Å². The van der Waals surface area contributed by atoms with E-state index in [2.05, 4.69) is 21.7 Å². The molecule has 4 saturated heterocycles. The summed E-state index contributed by atoms with van der Waals surface area (Å²) in [5, 5.41) is 3.16. The van der Waals surface area contributed by atoms with Gasteiger partial charge in [-0.2, -0.15) is 0 Å². The Bertz CT molecular complexity index is 527. The van der Waals surface area contributed by atoms with E-state index in [9.17, 15) is 9.59 Å². The van der Waals surface area contributed by atoms with Crippen molar-refractivity contribution in [3.63, 3.8) is 0 Å². The van der Waals surface area contributed by atoms with E-state index in [1.807, 2.05) is 0 Å². The van der Waals surface area contributed by atoms with E-state index in [4.69, 9.17) is 0 Å². The van der Waals surface area contributed by atoms with Gasteiger partial charge in [0.1, 0.15) is 0 Å². The maximum atomic E-state index is 13.1. The molecule has 0 aromatic rings. The van der Waals surface area contributed by atoms with Gasteiger partial charge in [-0.05, 0) is 50.6 Å². The van der Waals surface area contributed by atoms with Crippen molar-refractivity contribution in [2.24, 2.45) is 23.7 Å². The molecule has 4 atom stereocenters. The lowest BCUT2D eigenvalue weighted by Gasteiger charge is -2.45. The lowest BCUT2D eigenvalue weighted by Crippen LogP contribution is -2.53. The molecule has 2 bridgehead atoms. The van der Waals surface area contributed by atoms with Gasteiger partial charge in [-0.25, -0.2) is 0 Å². The number of likely N-dealkylation sites (tertiary alicyclic amines) is 1. The average molecular weight is 331 g/mol. The summed E-state index contributed by atoms with van der Waals surface area (Å²) in [6.07, 6.45) is 6.61. The third kappa shape index (κ3) is 2.87. The zero-order valence-corrected chi connectivity index (χ0v) is 14.5. The van der Waals surface area contributed by atoms with Crippen LogP contribution in [0.2, 0.25) is 0 Å². The van der Waals surface area contributed by atoms with Crippen LogP contribution in [0.15, 0.2) is 12.7 Å². The number of hydrogen-bond donors (Lipinski definition) is 1. The first-order chi connectivity index (χ1) is 11.7. The maximum Gasteiger partial charge on any atom is 0.227 e. The van der Waals surface area contributed by atoms with Crippen molar-refractivity contribution in [2.45, 2.75) is 38.1 Å². The fraction of sp³-hybridized carbons (Fsp3) is 0.789. The second-order valence-electron chi connectivity index (χ2n) is 8.16. The van der Waals surface area contributed by atoms with E-state index >= 15 is 0 Å². The molecule has 1 N–H and O–H groups in total. The molecular formula is C19H29N3O2. The van der Waals surface area contributed by atoms with E-state index < -0.39 is 0 Å². The first-order valence-electron chi connectivity index (χ1n) is 9.57. The normalized spacial score (nSPS) is 40.4. The van der Waals surface area contributed by atoms with Crippen LogP contribution in [0.4, 0.5) is 0 Å². The summed E-state index contributed by atoms with van der Waals surface area (Å²) in [6.45, 7) is 8.69. The molecular weight excluding hydrogens is 302 g/mol. The molecule has 4 heterocycles. The minimum Gasteiger partial charge on any atom is -0.353 e. The topological polar surface area (TPSA) is 52.7 Å². The summed E-state index contributed by atoms with van der Waals surface area (Å²) in [4.78, 5) is 29.5. The molecule has 24 heavy (non-hydrogen) atoms. The lowest BCUT2D eigenvalue weighted by atomic mass is 9.78. The van der Waals surface area contributed by atoms with Gasteiger partial charge >= 0.3 is 0 Å². The Morgan fingerprint density at radius 2 is 1.83 bits per heavy atom. The molecule has 4 unspecified atom stereocenters. The zero-order chi connectivity index (χ0) is 16.7. The smallest absolute Gasteiger partial charge is 0.227 e. The molecule has 5 heteroatoms. The highest BCUT2D eigenvalue weighted by molar-refractivity contribution is 5.80. The molecule has 4 aliphatic heterocycles. The maximum absolute atomic E-state index is 13.1. The number of amides is 2. The van der Waals surface area contributed by atoms with Crippen molar-refractivity contribution in [2.75, 3.05) is 32.7 Å². The molecule has 0 radical (unpaired) electrons. The summed E-state index contributed by atoms with van der Waals surface area (Å²) in [6, 6.07) is 0.242. The summed E-state index contributed by atoms with van der Waals surface area (Å²) in [5.74, 6) is 2.30. The van der Waals surface area contributed by atoms with Gasteiger partial charge in [0.15, 0.2) is 0 Å². The Hall–Kier alpha value is -1.36. The van der Waals surface area contributed by atoms with Crippen LogP contribution < -0.4 is 5.32 Å². The second kappa shape index (κ2) is 6.51.